The number of rotatable bonds is 4. The molecule has 0 spiro atoms. The molecule has 1 aromatic carbocycles. The predicted octanol–water partition coefficient (Wildman–Crippen LogP) is 5.65. The highest BCUT2D eigenvalue weighted by Gasteiger charge is 2.17. The Morgan fingerprint density at radius 2 is 1.65 bits per heavy atom. The maximum atomic E-state index is 3.80. The van der Waals surface area contributed by atoms with Gasteiger partial charge in [0, 0.05) is 4.83 Å². The minimum atomic E-state index is 0.249. The average molecular weight is 297 g/mol. The van der Waals surface area contributed by atoms with Crippen LogP contribution in [0.3, 0.4) is 0 Å². The van der Waals surface area contributed by atoms with Crippen LogP contribution in [-0.4, -0.2) is 4.83 Å². The fourth-order valence-electron chi connectivity index (χ4n) is 2.02. The largest absolute Gasteiger partial charge is 0.0884 e. The molecule has 0 aromatic heterocycles. The average Bonchev–Trinajstić information content (AvgIpc) is 2.27. The van der Waals surface area contributed by atoms with Gasteiger partial charge >= 0.3 is 0 Å². The summed E-state index contributed by atoms with van der Waals surface area (Å²) in [6.07, 6.45) is 2.47. The van der Waals surface area contributed by atoms with Crippen LogP contribution in [0, 0.1) is 0 Å². The molecule has 17 heavy (non-hydrogen) atoms. The summed E-state index contributed by atoms with van der Waals surface area (Å²) in [7, 11) is 0. The van der Waals surface area contributed by atoms with Gasteiger partial charge in [0.1, 0.15) is 0 Å². The summed E-state index contributed by atoms with van der Waals surface area (Å²) in [5, 5.41) is 0. The van der Waals surface area contributed by atoms with Crippen molar-refractivity contribution in [2.24, 2.45) is 0 Å². The second-order valence-electron chi connectivity index (χ2n) is 5.97. The lowest BCUT2D eigenvalue weighted by Crippen LogP contribution is -2.12. The zero-order chi connectivity index (χ0) is 13.1. The van der Waals surface area contributed by atoms with Crippen molar-refractivity contribution in [1.29, 1.82) is 0 Å². The summed E-state index contributed by atoms with van der Waals surface area (Å²) < 4.78 is 0. The molecule has 0 nitrogen and oxygen atoms in total. The molecule has 0 amide bonds. The first-order valence-electron chi connectivity index (χ1n) is 6.60. The van der Waals surface area contributed by atoms with E-state index in [-0.39, 0.29) is 5.41 Å². The predicted molar refractivity (Wildman–Crippen MR) is 81.2 cm³/mol. The molecule has 0 radical (unpaired) electrons. The Morgan fingerprint density at radius 3 is 2.06 bits per heavy atom. The molecule has 2 atom stereocenters. The van der Waals surface area contributed by atoms with Crippen molar-refractivity contribution < 1.29 is 0 Å². The molecule has 0 fully saturated rings. The molecule has 96 valence electrons. The fourth-order valence-corrected chi connectivity index (χ4v) is 2.78. The van der Waals surface area contributed by atoms with Gasteiger partial charge in [-0.3, -0.25) is 0 Å². The van der Waals surface area contributed by atoms with E-state index in [4.69, 9.17) is 0 Å². The molecule has 0 heterocycles. The number of alkyl halides is 1. The van der Waals surface area contributed by atoms with E-state index >= 15 is 0 Å². The molecule has 1 heteroatoms. The van der Waals surface area contributed by atoms with Gasteiger partial charge in [-0.2, -0.15) is 0 Å². The normalized spacial score (nSPS) is 15.6. The van der Waals surface area contributed by atoms with Crippen LogP contribution in [0.4, 0.5) is 0 Å². The maximum absolute atomic E-state index is 3.80. The van der Waals surface area contributed by atoms with Crippen LogP contribution < -0.4 is 0 Å². The summed E-state index contributed by atoms with van der Waals surface area (Å²) in [6, 6.07) is 9.12. The molecule has 2 unspecified atom stereocenters. The third kappa shape index (κ3) is 4.13. The lowest BCUT2D eigenvalue weighted by Gasteiger charge is -2.22. The Kier molecular flexibility index (Phi) is 5.24. The number of hydrogen-bond acceptors (Lipinski definition) is 0. The molecule has 1 rings (SSSR count). The third-order valence-electron chi connectivity index (χ3n) is 3.41. The summed E-state index contributed by atoms with van der Waals surface area (Å²) in [6.45, 7) is 11.3. The molecule has 0 saturated carbocycles. The van der Waals surface area contributed by atoms with Crippen molar-refractivity contribution in [3.05, 3.63) is 35.4 Å². The van der Waals surface area contributed by atoms with Gasteiger partial charge in [0.15, 0.2) is 0 Å². The standard InChI is InChI=1S/C16H25Br/c1-6-7-15(17)12(2)13-8-10-14(11-9-13)16(3,4)5/h8-12,15H,6-7H2,1-5H3. The molecular weight excluding hydrogens is 272 g/mol. The molecule has 0 N–H and O–H groups in total. The van der Waals surface area contributed by atoms with Gasteiger partial charge < -0.3 is 0 Å². The highest BCUT2D eigenvalue weighted by Crippen LogP contribution is 2.30. The van der Waals surface area contributed by atoms with Crippen molar-refractivity contribution in [3.8, 4) is 0 Å². The van der Waals surface area contributed by atoms with Crippen LogP contribution in [0.1, 0.15) is 64.5 Å². The first-order chi connectivity index (χ1) is 7.86. The smallest absolute Gasteiger partial charge is 0.0211 e. The van der Waals surface area contributed by atoms with E-state index in [1.807, 2.05) is 0 Å². The van der Waals surface area contributed by atoms with E-state index in [1.54, 1.807) is 0 Å². The minimum Gasteiger partial charge on any atom is -0.0884 e. The van der Waals surface area contributed by atoms with Crippen molar-refractivity contribution in [2.45, 2.75) is 63.6 Å². The SMILES string of the molecule is CCCC(Br)C(C)c1ccc(C(C)(C)C)cc1. The molecule has 0 aliphatic rings. The van der Waals surface area contributed by atoms with Crippen LogP contribution in [0.5, 0.6) is 0 Å². The summed E-state index contributed by atoms with van der Waals surface area (Å²) in [5.41, 5.74) is 3.10. The van der Waals surface area contributed by atoms with E-state index in [0.29, 0.717) is 10.7 Å². The van der Waals surface area contributed by atoms with Crippen LogP contribution in [-0.2, 0) is 5.41 Å². The molecule has 0 aliphatic heterocycles. The molecule has 0 aliphatic carbocycles. The van der Waals surface area contributed by atoms with Gasteiger partial charge in [0.2, 0.25) is 0 Å². The Bertz CT molecular complexity index is 332. The van der Waals surface area contributed by atoms with Gasteiger partial charge in [-0.1, -0.05) is 81.2 Å². The van der Waals surface area contributed by atoms with E-state index in [1.165, 1.54) is 24.0 Å². The van der Waals surface area contributed by atoms with Gasteiger partial charge in [0.25, 0.3) is 0 Å². The first-order valence-corrected chi connectivity index (χ1v) is 7.52. The van der Waals surface area contributed by atoms with Gasteiger partial charge in [0.05, 0.1) is 0 Å². The highest BCUT2D eigenvalue weighted by atomic mass is 79.9. The lowest BCUT2D eigenvalue weighted by atomic mass is 9.85. The Morgan fingerprint density at radius 1 is 1.12 bits per heavy atom. The second-order valence-corrected chi connectivity index (χ2v) is 7.14. The second kappa shape index (κ2) is 6.04. The van der Waals surface area contributed by atoms with Crippen molar-refractivity contribution in [3.63, 3.8) is 0 Å². The highest BCUT2D eigenvalue weighted by molar-refractivity contribution is 9.09. The molecular formula is C16H25Br. The Labute approximate surface area is 115 Å². The van der Waals surface area contributed by atoms with Crippen molar-refractivity contribution in [2.75, 3.05) is 0 Å². The van der Waals surface area contributed by atoms with Crippen molar-refractivity contribution in [1.82, 2.24) is 0 Å². The van der Waals surface area contributed by atoms with E-state index in [9.17, 15) is 0 Å². The number of halogens is 1. The monoisotopic (exact) mass is 296 g/mol. The van der Waals surface area contributed by atoms with Crippen molar-refractivity contribution >= 4 is 15.9 Å². The zero-order valence-electron chi connectivity index (χ0n) is 11.8. The van der Waals surface area contributed by atoms with Crippen LogP contribution in [0.15, 0.2) is 24.3 Å². The van der Waals surface area contributed by atoms with Crippen LogP contribution in [0.25, 0.3) is 0 Å². The van der Waals surface area contributed by atoms with E-state index in [2.05, 4.69) is 74.8 Å². The maximum Gasteiger partial charge on any atom is 0.0211 e. The summed E-state index contributed by atoms with van der Waals surface area (Å²) in [4.78, 5) is 0.591. The van der Waals surface area contributed by atoms with E-state index < -0.39 is 0 Å². The topological polar surface area (TPSA) is 0 Å². The third-order valence-corrected chi connectivity index (χ3v) is 4.66. The summed E-state index contributed by atoms with van der Waals surface area (Å²) >= 11 is 3.80. The molecule has 1 aromatic rings. The van der Waals surface area contributed by atoms with E-state index in [0.717, 1.165) is 0 Å². The lowest BCUT2D eigenvalue weighted by molar-refractivity contribution is 0.588. The van der Waals surface area contributed by atoms with Gasteiger partial charge in [-0.05, 0) is 28.9 Å². The minimum absolute atomic E-state index is 0.249. The van der Waals surface area contributed by atoms with Crippen LogP contribution in [0.2, 0.25) is 0 Å². The quantitative estimate of drug-likeness (QED) is 0.630. The van der Waals surface area contributed by atoms with Crippen LogP contribution >= 0.6 is 15.9 Å². The molecule has 0 bridgehead atoms. The summed E-state index contributed by atoms with van der Waals surface area (Å²) in [5.74, 6) is 0.587. The zero-order valence-corrected chi connectivity index (χ0v) is 13.3. The Hall–Kier alpha value is -0.300. The fraction of sp³-hybridized carbons (Fsp3) is 0.625. The number of hydrogen-bond donors (Lipinski definition) is 0. The number of benzene rings is 1. The Balaban J connectivity index is 2.80. The molecule has 0 saturated heterocycles. The first kappa shape index (κ1) is 14.8. The van der Waals surface area contributed by atoms with Gasteiger partial charge in [-0.25, -0.2) is 0 Å². The van der Waals surface area contributed by atoms with Gasteiger partial charge in [-0.15, -0.1) is 0 Å².